The second-order valence-corrected chi connectivity index (χ2v) is 7.49. The van der Waals surface area contributed by atoms with Crippen LogP contribution in [0, 0.1) is 5.82 Å². The van der Waals surface area contributed by atoms with Gasteiger partial charge < -0.3 is 15.0 Å². The van der Waals surface area contributed by atoms with Crippen molar-refractivity contribution >= 4 is 28.4 Å². The number of hydrogen-bond acceptors (Lipinski definition) is 5. The van der Waals surface area contributed by atoms with Crippen LogP contribution in [0.25, 0.3) is 0 Å². The third kappa shape index (κ3) is 5.74. The average Bonchev–Trinajstić information content (AvgIpc) is 3.13. The Morgan fingerprint density at radius 3 is 3.00 bits per heavy atom. The van der Waals surface area contributed by atoms with Gasteiger partial charge in [0.1, 0.15) is 11.9 Å². The van der Waals surface area contributed by atoms with Crippen molar-refractivity contribution in [2.24, 2.45) is 0 Å². The van der Waals surface area contributed by atoms with E-state index in [1.165, 1.54) is 23.5 Å². The maximum absolute atomic E-state index is 13.1. The maximum atomic E-state index is 13.1. The molecule has 1 fully saturated rings. The molecule has 9 heteroatoms. The fourth-order valence-corrected chi connectivity index (χ4v) is 3.61. The molecular weight excluding hydrogens is 383 g/mol. The van der Waals surface area contributed by atoms with Crippen LogP contribution in [0.5, 0.6) is 0 Å². The minimum atomic E-state index is -0.426. The molecule has 0 spiro atoms. The summed E-state index contributed by atoms with van der Waals surface area (Å²) in [4.78, 5) is 30.3. The number of carbonyl (C=O) groups excluding carboxylic acids is 2. The smallest absolute Gasteiger partial charge is 0.321 e. The number of nitrogens with zero attached hydrogens (tertiary/aromatic N) is 2. The SMILES string of the molecule is CN(Cc1csc(NC(=O)NCc2cccc(F)c2)n1)C(=O)C1CCCCO1. The van der Waals surface area contributed by atoms with Crippen molar-refractivity contribution in [3.05, 3.63) is 46.7 Å². The lowest BCUT2D eigenvalue weighted by Gasteiger charge is -2.26. The number of likely N-dealkylation sites (N-methyl/N-ethyl adjacent to an activating group) is 1. The van der Waals surface area contributed by atoms with Crippen LogP contribution in [-0.2, 0) is 22.6 Å². The third-order valence-corrected chi connectivity index (χ3v) is 5.15. The van der Waals surface area contributed by atoms with Gasteiger partial charge in [-0.1, -0.05) is 12.1 Å². The van der Waals surface area contributed by atoms with Crippen molar-refractivity contribution in [1.82, 2.24) is 15.2 Å². The summed E-state index contributed by atoms with van der Waals surface area (Å²) in [6.07, 6.45) is 2.37. The molecule has 0 saturated carbocycles. The first-order valence-electron chi connectivity index (χ1n) is 9.11. The van der Waals surface area contributed by atoms with Crippen LogP contribution >= 0.6 is 11.3 Å². The molecule has 7 nitrogen and oxygen atoms in total. The lowest BCUT2D eigenvalue weighted by molar-refractivity contribution is -0.145. The van der Waals surface area contributed by atoms with Gasteiger partial charge in [0.2, 0.25) is 0 Å². The second kappa shape index (κ2) is 9.61. The Kier molecular flexibility index (Phi) is 6.94. The number of benzene rings is 1. The average molecular weight is 406 g/mol. The maximum Gasteiger partial charge on any atom is 0.321 e. The minimum Gasteiger partial charge on any atom is -0.368 e. The molecule has 2 heterocycles. The van der Waals surface area contributed by atoms with E-state index in [9.17, 15) is 14.0 Å². The molecular formula is C19H23FN4O3S. The number of halogens is 1. The molecule has 3 amide bonds. The Bertz CT molecular complexity index is 823. The molecule has 0 bridgehead atoms. The van der Waals surface area contributed by atoms with Crippen LogP contribution in [0.15, 0.2) is 29.6 Å². The monoisotopic (exact) mass is 406 g/mol. The Hall–Kier alpha value is -2.52. The van der Waals surface area contributed by atoms with Crippen LogP contribution in [0.3, 0.4) is 0 Å². The highest BCUT2D eigenvalue weighted by atomic mass is 32.1. The Balaban J connectivity index is 1.46. The molecule has 1 saturated heterocycles. The summed E-state index contributed by atoms with van der Waals surface area (Å²) in [6, 6.07) is 5.61. The van der Waals surface area contributed by atoms with Crippen molar-refractivity contribution in [3.8, 4) is 0 Å². The fraction of sp³-hybridized carbons (Fsp3) is 0.421. The van der Waals surface area contributed by atoms with Gasteiger partial charge in [-0.3, -0.25) is 10.1 Å². The number of amides is 3. The normalized spacial score (nSPS) is 16.4. The van der Waals surface area contributed by atoms with Gasteiger partial charge in [-0.2, -0.15) is 0 Å². The van der Waals surface area contributed by atoms with E-state index in [-0.39, 0.29) is 24.4 Å². The quantitative estimate of drug-likeness (QED) is 0.772. The number of ether oxygens (including phenoxy) is 1. The van der Waals surface area contributed by atoms with E-state index >= 15 is 0 Å². The number of urea groups is 1. The number of carbonyl (C=O) groups is 2. The standard InChI is InChI=1S/C19H23FN4O3S/c1-24(17(25)16-7-2-3-8-27-16)11-15-12-28-19(22-15)23-18(26)21-10-13-5-4-6-14(20)9-13/h4-6,9,12,16H,2-3,7-8,10-11H2,1H3,(H2,21,22,23,26). The van der Waals surface area contributed by atoms with Gasteiger partial charge in [0, 0.05) is 25.6 Å². The van der Waals surface area contributed by atoms with Crippen LogP contribution in [0.2, 0.25) is 0 Å². The first-order chi connectivity index (χ1) is 13.5. The molecule has 28 heavy (non-hydrogen) atoms. The molecule has 2 N–H and O–H groups in total. The Labute approximate surface area is 166 Å². The summed E-state index contributed by atoms with van der Waals surface area (Å²) < 4.78 is 18.7. The summed E-state index contributed by atoms with van der Waals surface area (Å²) in [7, 11) is 1.72. The van der Waals surface area contributed by atoms with E-state index in [2.05, 4.69) is 15.6 Å². The number of anilines is 1. The first-order valence-corrected chi connectivity index (χ1v) is 9.99. The summed E-state index contributed by atoms with van der Waals surface area (Å²) in [6.45, 7) is 1.18. The molecule has 1 aliphatic rings. The van der Waals surface area contributed by atoms with E-state index in [1.807, 2.05) is 0 Å². The zero-order valence-corrected chi connectivity index (χ0v) is 16.4. The number of thiazole rings is 1. The van der Waals surface area contributed by atoms with Gasteiger partial charge in [0.25, 0.3) is 5.91 Å². The highest BCUT2D eigenvalue weighted by Crippen LogP contribution is 2.19. The predicted octanol–water partition coefficient (Wildman–Crippen LogP) is 3.13. The van der Waals surface area contributed by atoms with Gasteiger partial charge in [-0.15, -0.1) is 11.3 Å². The van der Waals surface area contributed by atoms with Crippen LogP contribution in [0.4, 0.5) is 14.3 Å². The summed E-state index contributed by atoms with van der Waals surface area (Å²) in [5, 5.41) is 7.53. The molecule has 1 atom stereocenters. The molecule has 1 aromatic heterocycles. The molecule has 1 unspecified atom stereocenters. The van der Waals surface area contributed by atoms with Gasteiger partial charge >= 0.3 is 6.03 Å². The molecule has 1 aromatic carbocycles. The van der Waals surface area contributed by atoms with Crippen molar-refractivity contribution in [2.75, 3.05) is 19.0 Å². The number of aromatic nitrogens is 1. The molecule has 150 valence electrons. The van der Waals surface area contributed by atoms with Crippen LogP contribution in [-0.4, -0.2) is 41.6 Å². The minimum absolute atomic E-state index is 0.0463. The zero-order chi connectivity index (χ0) is 19.9. The largest absolute Gasteiger partial charge is 0.368 e. The van der Waals surface area contributed by atoms with Gasteiger partial charge in [-0.05, 0) is 37.0 Å². The highest BCUT2D eigenvalue weighted by Gasteiger charge is 2.25. The van der Waals surface area contributed by atoms with E-state index in [0.29, 0.717) is 29.5 Å². The van der Waals surface area contributed by atoms with Crippen molar-refractivity contribution in [3.63, 3.8) is 0 Å². The highest BCUT2D eigenvalue weighted by molar-refractivity contribution is 7.13. The number of rotatable bonds is 6. The first kappa shape index (κ1) is 20.2. The zero-order valence-electron chi connectivity index (χ0n) is 15.6. The van der Waals surface area contributed by atoms with Crippen molar-refractivity contribution in [2.45, 2.75) is 38.5 Å². The van der Waals surface area contributed by atoms with Crippen molar-refractivity contribution < 1.29 is 18.7 Å². The van der Waals surface area contributed by atoms with E-state index in [4.69, 9.17) is 4.74 Å². The Morgan fingerprint density at radius 2 is 2.25 bits per heavy atom. The van der Waals surface area contributed by atoms with Crippen LogP contribution in [0.1, 0.15) is 30.5 Å². The Morgan fingerprint density at radius 1 is 1.39 bits per heavy atom. The van der Waals surface area contributed by atoms with Gasteiger partial charge in [0.15, 0.2) is 5.13 Å². The lowest BCUT2D eigenvalue weighted by Crippen LogP contribution is -2.39. The molecule has 0 radical (unpaired) electrons. The van der Waals surface area contributed by atoms with E-state index in [1.54, 1.807) is 29.5 Å². The molecule has 2 aromatic rings. The van der Waals surface area contributed by atoms with Crippen LogP contribution < -0.4 is 10.6 Å². The predicted molar refractivity (Wildman–Crippen MR) is 104 cm³/mol. The third-order valence-electron chi connectivity index (χ3n) is 4.34. The van der Waals surface area contributed by atoms with Gasteiger partial charge in [-0.25, -0.2) is 14.2 Å². The summed E-state index contributed by atoms with van der Waals surface area (Å²) in [5.41, 5.74) is 1.36. The van der Waals surface area contributed by atoms with E-state index in [0.717, 1.165) is 19.3 Å². The second-order valence-electron chi connectivity index (χ2n) is 6.63. The summed E-state index contributed by atoms with van der Waals surface area (Å²) in [5.74, 6) is -0.392. The topological polar surface area (TPSA) is 83.6 Å². The molecule has 3 rings (SSSR count). The molecule has 1 aliphatic heterocycles. The van der Waals surface area contributed by atoms with Crippen molar-refractivity contribution in [1.29, 1.82) is 0 Å². The lowest BCUT2D eigenvalue weighted by atomic mass is 10.1. The molecule has 0 aliphatic carbocycles. The summed E-state index contributed by atoms with van der Waals surface area (Å²) >= 11 is 1.28. The van der Waals surface area contributed by atoms with E-state index < -0.39 is 6.03 Å². The van der Waals surface area contributed by atoms with Gasteiger partial charge in [0.05, 0.1) is 12.2 Å². The number of nitrogens with one attached hydrogen (secondary N) is 2. The fourth-order valence-electron chi connectivity index (χ4n) is 2.91. The number of hydrogen-bond donors (Lipinski definition) is 2.